The fraction of sp³-hybridized carbons (Fsp3) is 0.345. The van der Waals surface area contributed by atoms with Gasteiger partial charge in [0.1, 0.15) is 23.4 Å². The fourth-order valence-electron chi connectivity index (χ4n) is 4.95. The largest absolute Gasteiger partial charge is 0.494 e. The van der Waals surface area contributed by atoms with Crippen molar-refractivity contribution >= 4 is 49.9 Å². The zero-order valence-electron chi connectivity index (χ0n) is 23.3. The van der Waals surface area contributed by atoms with Crippen molar-refractivity contribution in [1.29, 1.82) is 0 Å². The summed E-state index contributed by atoms with van der Waals surface area (Å²) in [4.78, 5) is 22.8. The summed E-state index contributed by atoms with van der Waals surface area (Å²) in [5, 5.41) is 7.20. The number of anilines is 4. The molecule has 4 aromatic rings. The number of rotatable bonds is 10. The Morgan fingerprint density at radius 2 is 1.88 bits per heavy atom. The van der Waals surface area contributed by atoms with Gasteiger partial charge < -0.3 is 29.6 Å². The fourth-order valence-corrected chi connectivity index (χ4v) is 5.37. The van der Waals surface area contributed by atoms with Crippen molar-refractivity contribution in [2.45, 2.75) is 32.4 Å². The maximum Gasteiger partial charge on any atom is 0.302 e. The van der Waals surface area contributed by atoms with E-state index in [1.54, 1.807) is 13.3 Å². The number of nitrogens with one attached hydrogen (secondary N) is 2. The molecule has 0 unspecified atom stereocenters. The molecule has 2 aromatic heterocycles. The van der Waals surface area contributed by atoms with E-state index in [1.165, 1.54) is 13.2 Å². The van der Waals surface area contributed by atoms with Crippen molar-refractivity contribution in [2.75, 3.05) is 47.9 Å². The number of aromatic nitrogens is 3. The average Bonchev–Trinajstić information content (AvgIpc) is 3.34. The molecule has 5 rings (SSSR count). The molecule has 1 aliphatic heterocycles. The highest BCUT2D eigenvalue weighted by Gasteiger charge is 2.22. The number of sulfone groups is 1. The van der Waals surface area contributed by atoms with Crippen LogP contribution in [0, 0.1) is 0 Å². The summed E-state index contributed by atoms with van der Waals surface area (Å²) in [6, 6.07) is 15.5. The van der Waals surface area contributed by atoms with Crippen molar-refractivity contribution in [3.63, 3.8) is 0 Å². The summed E-state index contributed by atoms with van der Waals surface area (Å²) in [5.41, 5.74) is 4.20. The van der Waals surface area contributed by atoms with Crippen LogP contribution < -0.4 is 20.3 Å². The molecule has 2 aromatic carbocycles. The lowest BCUT2D eigenvalue weighted by atomic mass is 10.1. The van der Waals surface area contributed by atoms with Crippen LogP contribution in [0.4, 0.5) is 23.0 Å². The van der Waals surface area contributed by atoms with Crippen molar-refractivity contribution in [2.24, 2.45) is 0 Å². The molecule has 0 amide bonds. The minimum absolute atomic E-state index is 0.0326. The minimum Gasteiger partial charge on any atom is -0.494 e. The summed E-state index contributed by atoms with van der Waals surface area (Å²) in [7, 11) is -1.54. The van der Waals surface area contributed by atoms with Crippen molar-refractivity contribution in [3.05, 3.63) is 66.5 Å². The molecule has 0 aliphatic carbocycles. The van der Waals surface area contributed by atoms with Gasteiger partial charge in [-0.15, -0.1) is 0 Å². The van der Waals surface area contributed by atoms with Crippen LogP contribution in [0.25, 0.3) is 11.0 Å². The Labute approximate surface area is 239 Å². The first kappa shape index (κ1) is 28.2. The third kappa shape index (κ3) is 7.07. The second-order valence-electron chi connectivity index (χ2n) is 10.1. The summed E-state index contributed by atoms with van der Waals surface area (Å²) in [6.45, 7) is 3.52. The number of nitrogens with zero attached hydrogens (tertiary/aromatic N) is 4. The lowest BCUT2D eigenvalue weighted by Crippen LogP contribution is -2.37. The molecule has 12 heteroatoms. The van der Waals surface area contributed by atoms with E-state index in [-0.39, 0.29) is 18.0 Å². The molecule has 0 saturated carbocycles. The number of hydrogen-bond donors (Lipinski definition) is 2. The maximum atomic E-state index is 11.7. The molecule has 1 fully saturated rings. The first-order valence-electron chi connectivity index (χ1n) is 13.4. The van der Waals surface area contributed by atoms with Crippen molar-refractivity contribution < 1.29 is 22.7 Å². The van der Waals surface area contributed by atoms with Gasteiger partial charge in [-0.3, -0.25) is 4.79 Å². The topological polar surface area (TPSA) is 128 Å². The molecule has 3 heterocycles. The van der Waals surface area contributed by atoms with Crippen LogP contribution in [0.15, 0.2) is 60.9 Å². The number of benzene rings is 2. The Morgan fingerprint density at radius 3 is 2.61 bits per heavy atom. The van der Waals surface area contributed by atoms with Gasteiger partial charge in [-0.05, 0) is 29.8 Å². The van der Waals surface area contributed by atoms with Crippen LogP contribution in [0.5, 0.6) is 5.75 Å². The van der Waals surface area contributed by atoms with Gasteiger partial charge >= 0.3 is 5.97 Å². The monoisotopic (exact) mass is 578 g/mol. The molecule has 216 valence electrons. The highest BCUT2D eigenvalue weighted by atomic mass is 32.2. The van der Waals surface area contributed by atoms with Gasteiger partial charge in [-0.1, -0.05) is 18.2 Å². The van der Waals surface area contributed by atoms with Gasteiger partial charge in [0.05, 0.1) is 19.3 Å². The average molecular weight is 579 g/mol. The summed E-state index contributed by atoms with van der Waals surface area (Å²) < 4.78 is 36.4. The number of fused-ring (bicyclic) bond motifs is 1. The number of carbonyl (C=O) groups is 1. The summed E-state index contributed by atoms with van der Waals surface area (Å²) >= 11 is 0. The van der Waals surface area contributed by atoms with Crippen molar-refractivity contribution in [1.82, 2.24) is 14.5 Å². The van der Waals surface area contributed by atoms with E-state index in [4.69, 9.17) is 14.5 Å². The number of methoxy groups -OCH3 is 1. The first-order chi connectivity index (χ1) is 19.7. The number of esters is 1. The van der Waals surface area contributed by atoms with E-state index in [0.717, 1.165) is 59.6 Å². The van der Waals surface area contributed by atoms with Crippen LogP contribution in [-0.2, 0) is 25.9 Å². The van der Waals surface area contributed by atoms with Gasteiger partial charge in [0.2, 0.25) is 5.95 Å². The van der Waals surface area contributed by atoms with Crippen LogP contribution >= 0.6 is 0 Å². The molecule has 11 nitrogen and oxygen atoms in total. The second kappa shape index (κ2) is 12.0. The molecule has 0 bridgehead atoms. The summed E-state index contributed by atoms with van der Waals surface area (Å²) in [5.74, 6) is 0.711. The molecule has 1 saturated heterocycles. The standard InChI is InChI=1S/C29H34N6O5S/c1-20(36)40-24-11-14-34(15-12-24)23-8-9-26(27(16-23)39-2)32-29-30-17-21-10-13-35(28(21)33-29)18-22-6-4-5-7-25(22)31-19-41(3,37)38/h4-10,13,16-17,24,31H,11-12,14-15,18-19H2,1-3H3,(H,30,32,33). The van der Waals surface area contributed by atoms with Crippen LogP contribution in [0.2, 0.25) is 0 Å². The molecule has 41 heavy (non-hydrogen) atoms. The van der Waals surface area contributed by atoms with Gasteiger partial charge in [-0.2, -0.15) is 4.98 Å². The molecule has 2 N–H and O–H groups in total. The Bertz CT molecular complexity index is 1650. The maximum absolute atomic E-state index is 11.7. The van der Waals surface area contributed by atoms with Gasteiger partial charge in [0.15, 0.2) is 9.84 Å². The van der Waals surface area contributed by atoms with Crippen LogP contribution in [0.3, 0.4) is 0 Å². The van der Waals surface area contributed by atoms with E-state index in [0.29, 0.717) is 18.2 Å². The van der Waals surface area contributed by atoms with Crippen LogP contribution in [-0.4, -0.2) is 67.4 Å². The number of hydrogen-bond acceptors (Lipinski definition) is 10. The van der Waals surface area contributed by atoms with E-state index < -0.39 is 9.84 Å². The van der Waals surface area contributed by atoms with Gasteiger partial charge in [0, 0.05) is 74.3 Å². The van der Waals surface area contributed by atoms with E-state index in [9.17, 15) is 13.2 Å². The molecule has 1 aliphatic rings. The first-order valence-corrected chi connectivity index (χ1v) is 15.4. The highest BCUT2D eigenvalue weighted by Crippen LogP contribution is 2.33. The number of ether oxygens (including phenoxy) is 2. The number of piperidine rings is 1. The minimum atomic E-state index is -3.17. The Balaban J connectivity index is 1.32. The predicted molar refractivity (Wildman–Crippen MR) is 160 cm³/mol. The molecular weight excluding hydrogens is 544 g/mol. The lowest BCUT2D eigenvalue weighted by molar-refractivity contribution is -0.147. The van der Waals surface area contributed by atoms with Crippen LogP contribution in [0.1, 0.15) is 25.3 Å². The Hall–Kier alpha value is -4.32. The molecular formula is C29H34N6O5S. The zero-order valence-corrected chi connectivity index (χ0v) is 24.1. The summed E-state index contributed by atoms with van der Waals surface area (Å²) in [6.07, 6.45) is 6.45. The van der Waals surface area contributed by atoms with Gasteiger partial charge in [-0.25, -0.2) is 13.4 Å². The van der Waals surface area contributed by atoms with E-state index in [2.05, 4.69) is 20.5 Å². The van der Waals surface area contributed by atoms with E-state index in [1.807, 2.05) is 59.3 Å². The normalized spacial score (nSPS) is 14.2. The van der Waals surface area contributed by atoms with Gasteiger partial charge in [0.25, 0.3) is 0 Å². The van der Waals surface area contributed by atoms with Crippen molar-refractivity contribution in [3.8, 4) is 5.75 Å². The molecule has 0 radical (unpaired) electrons. The number of carbonyl (C=O) groups excluding carboxylic acids is 1. The number of para-hydroxylation sites is 1. The highest BCUT2D eigenvalue weighted by molar-refractivity contribution is 7.90. The third-order valence-corrected chi connectivity index (χ3v) is 7.62. The lowest BCUT2D eigenvalue weighted by Gasteiger charge is -2.33. The zero-order chi connectivity index (χ0) is 29.0. The molecule has 0 spiro atoms. The Morgan fingerprint density at radius 1 is 1.10 bits per heavy atom. The second-order valence-corrected chi connectivity index (χ2v) is 12.3. The third-order valence-electron chi connectivity index (χ3n) is 6.96. The van der Waals surface area contributed by atoms with E-state index >= 15 is 0 Å². The molecule has 0 atom stereocenters. The predicted octanol–water partition coefficient (Wildman–Crippen LogP) is 4.18. The Kier molecular flexibility index (Phi) is 8.29. The quantitative estimate of drug-likeness (QED) is 0.265. The SMILES string of the molecule is COc1cc(N2CCC(OC(C)=O)CC2)ccc1Nc1ncc2ccn(Cc3ccccc3NCS(C)(=O)=O)c2n1. The smallest absolute Gasteiger partial charge is 0.302 e.